The molecular weight excluding hydrogens is 150 g/mol. The van der Waals surface area contributed by atoms with Crippen molar-refractivity contribution in [2.45, 2.75) is 27.2 Å². The second-order valence-electron chi connectivity index (χ2n) is 2.80. The van der Waals surface area contributed by atoms with Crippen molar-refractivity contribution in [1.82, 2.24) is 9.97 Å². The largest absolute Gasteiger partial charge is 0.357 e. The number of hydrogen-bond donors (Lipinski definition) is 1. The predicted octanol–water partition coefficient (Wildman–Crippen LogP) is 1.70. The third-order valence-corrected chi connectivity index (χ3v) is 2.00. The van der Waals surface area contributed by atoms with Crippen LogP contribution in [0.5, 0.6) is 0 Å². The van der Waals surface area contributed by atoms with E-state index in [2.05, 4.69) is 22.2 Å². The minimum Gasteiger partial charge on any atom is -0.357 e. The fourth-order valence-electron chi connectivity index (χ4n) is 1.36. The Labute approximate surface area is 73.2 Å². The van der Waals surface area contributed by atoms with Crippen molar-refractivity contribution in [2.75, 3.05) is 12.4 Å². The lowest BCUT2D eigenvalue weighted by atomic mass is 10.1. The van der Waals surface area contributed by atoms with Crippen LogP contribution in [0.15, 0.2) is 0 Å². The topological polar surface area (TPSA) is 37.8 Å². The Morgan fingerprint density at radius 2 is 1.67 bits per heavy atom. The number of hydrogen-bond acceptors (Lipinski definition) is 3. The second-order valence-corrected chi connectivity index (χ2v) is 2.80. The molecule has 1 heterocycles. The molecule has 0 saturated carbocycles. The summed E-state index contributed by atoms with van der Waals surface area (Å²) in [6, 6.07) is 0. The van der Waals surface area contributed by atoms with Gasteiger partial charge in [-0.25, -0.2) is 9.97 Å². The Morgan fingerprint density at radius 1 is 1.17 bits per heavy atom. The molecule has 0 fully saturated rings. The van der Waals surface area contributed by atoms with Gasteiger partial charge in [-0.15, -0.1) is 0 Å². The van der Waals surface area contributed by atoms with Gasteiger partial charge in [-0.05, 0) is 25.8 Å². The van der Waals surface area contributed by atoms with Crippen molar-refractivity contribution < 1.29 is 0 Å². The first-order valence-electron chi connectivity index (χ1n) is 4.21. The van der Waals surface area contributed by atoms with Crippen molar-refractivity contribution in [3.63, 3.8) is 0 Å². The second kappa shape index (κ2) is 3.52. The van der Waals surface area contributed by atoms with Gasteiger partial charge in [0.05, 0.1) is 0 Å². The highest BCUT2D eigenvalue weighted by Crippen LogP contribution is 2.12. The molecule has 3 heteroatoms. The monoisotopic (exact) mass is 165 g/mol. The Hall–Kier alpha value is -1.12. The fraction of sp³-hybridized carbons (Fsp3) is 0.556. The van der Waals surface area contributed by atoms with Gasteiger partial charge in [0.15, 0.2) is 0 Å². The van der Waals surface area contributed by atoms with Crippen LogP contribution in [0.3, 0.4) is 0 Å². The first-order chi connectivity index (χ1) is 5.69. The predicted molar refractivity (Wildman–Crippen MR) is 50.4 cm³/mol. The van der Waals surface area contributed by atoms with Crippen LogP contribution in [0.2, 0.25) is 0 Å². The first kappa shape index (κ1) is 8.97. The van der Waals surface area contributed by atoms with E-state index in [1.165, 1.54) is 5.56 Å². The molecule has 1 rings (SSSR count). The molecule has 0 aliphatic rings. The number of rotatable bonds is 2. The Kier molecular flexibility index (Phi) is 2.63. The van der Waals surface area contributed by atoms with Crippen molar-refractivity contribution in [2.24, 2.45) is 0 Å². The molecule has 12 heavy (non-hydrogen) atoms. The lowest BCUT2D eigenvalue weighted by Gasteiger charge is -2.07. The average molecular weight is 165 g/mol. The van der Waals surface area contributed by atoms with Gasteiger partial charge in [0.25, 0.3) is 0 Å². The van der Waals surface area contributed by atoms with Gasteiger partial charge >= 0.3 is 0 Å². The minimum absolute atomic E-state index is 0.710. The van der Waals surface area contributed by atoms with Gasteiger partial charge in [0.2, 0.25) is 5.95 Å². The standard InChI is InChI=1S/C9H15N3/c1-5-8-6(2)11-9(10-4)12-7(8)3/h5H2,1-4H3,(H,10,11,12). The maximum Gasteiger partial charge on any atom is 0.222 e. The molecule has 0 unspecified atom stereocenters. The zero-order valence-corrected chi connectivity index (χ0v) is 8.10. The molecule has 0 aliphatic carbocycles. The van der Waals surface area contributed by atoms with Crippen LogP contribution >= 0.6 is 0 Å². The van der Waals surface area contributed by atoms with Crippen LogP contribution < -0.4 is 5.32 Å². The van der Waals surface area contributed by atoms with E-state index >= 15 is 0 Å². The van der Waals surface area contributed by atoms with Crippen LogP contribution in [-0.4, -0.2) is 17.0 Å². The van der Waals surface area contributed by atoms with E-state index < -0.39 is 0 Å². The summed E-state index contributed by atoms with van der Waals surface area (Å²) in [7, 11) is 1.83. The molecule has 0 aromatic carbocycles. The number of anilines is 1. The van der Waals surface area contributed by atoms with E-state index in [1.807, 2.05) is 20.9 Å². The molecule has 0 aliphatic heterocycles. The Bertz CT molecular complexity index is 258. The van der Waals surface area contributed by atoms with Gasteiger partial charge in [-0.1, -0.05) is 6.92 Å². The number of nitrogens with zero attached hydrogens (tertiary/aromatic N) is 2. The molecule has 1 N–H and O–H groups in total. The quantitative estimate of drug-likeness (QED) is 0.724. The maximum absolute atomic E-state index is 4.30. The van der Waals surface area contributed by atoms with Gasteiger partial charge in [-0.3, -0.25) is 0 Å². The highest BCUT2D eigenvalue weighted by molar-refractivity contribution is 5.33. The van der Waals surface area contributed by atoms with Crippen molar-refractivity contribution >= 4 is 5.95 Å². The summed E-state index contributed by atoms with van der Waals surface area (Å²) in [6.07, 6.45) is 1.00. The van der Waals surface area contributed by atoms with E-state index in [0.29, 0.717) is 5.95 Å². The van der Waals surface area contributed by atoms with Gasteiger partial charge in [0, 0.05) is 18.4 Å². The van der Waals surface area contributed by atoms with E-state index in [4.69, 9.17) is 0 Å². The first-order valence-corrected chi connectivity index (χ1v) is 4.21. The van der Waals surface area contributed by atoms with Gasteiger partial charge < -0.3 is 5.32 Å². The normalized spacial score (nSPS) is 10.0. The zero-order valence-electron chi connectivity index (χ0n) is 8.10. The molecule has 0 saturated heterocycles. The summed E-state index contributed by atoms with van der Waals surface area (Å²) < 4.78 is 0. The van der Waals surface area contributed by atoms with E-state index in [0.717, 1.165) is 17.8 Å². The Morgan fingerprint density at radius 3 is 2.00 bits per heavy atom. The van der Waals surface area contributed by atoms with E-state index in [1.54, 1.807) is 0 Å². The summed E-state index contributed by atoms with van der Waals surface area (Å²) >= 11 is 0. The summed E-state index contributed by atoms with van der Waals surface area (Å²) in [5, 5.41) is 2.94. The molecule has 0 atom stereocenters. The number of aromatic nitrogens is 2. The SMILES string of the molecule is CCc1c(C)nc(NC)nc1C. The summed E-state index contributed by atoms with van der Waals surface area (Å²) in [5.41, 5.74) is 3.41. The molecule has 1 aromatic heterocycles. The molecule has 0 radical (unpaired) electrons. The molecule has 0 amide bonds. The summed E-state index contributed by atoms with van der Waals surface area (Å²) in [5.74, 6) is 0.710. The smallest absolute Gasteiger partial charge is 0.222 e. The van der Waals surface area contributed by atoms with Crippen molar-refractivity contribution in [3.05, 3.63) is 17.0 Å². The number of aryl methyl sites for hydroxylation is 2. The highest BCUT2D eigenvalue weighted by Gasteiger charge is 2.04. The van der Waals surface area contributed by atoms with Crippen LogP contribution in [-0.2, 0) is 6.42 Å². The third-order valence-electron chi connectivity index (χ3n) is 2.00. The van der Waals surface area contributed by atoms with Crippen LogP contribution in [0, 0.1) is 13.8 Å². The van der Waals surface area contributed by atoms with Crippen LogP contribution in [0.25, 0.3) is 0 Å². The zero-order chi connectivity index (χ0) is 9.14. The Balaban J connectivity index is 3.18. The van der Waals surface area contributed by atoms with Crippen LogP contribution in [0.4, 0.5) is 5.95 Å². The molecule has 3 nitrogen and oxygen atoms in total. The lowest BCUT2D eigenvalue weighted by Crippen LogP contribution is -2.04. The average Bonchev–Trinajstić information content (AvgIpc) is 2.03. The highest BCUT2D eigenvalue weighted by atomic mass is 15.1. The summed E-state index contributed by atoms with van der Waals surface area (Å²) in [6.45, 7) is 6.17. The maximum atomic E-state index is 4.30. The molecule has 1 aromatic rings. The van der Waals surface area contributed by atoms with Gasteiger partial charge in [-0.2, -0.15) is 0 Å². The molecule has 0 bridgehead atoms. The van der Waals surface area contributed by atoms with E-state index in [9.17, 15) is 0 Å². The molecular formula is C9H15N3. The molecule has 66 valence electrons. The van der Waals surface area contributed by atoms with Gasteiger partial charge in [0.1, 0.15) is 0 Å². The fourth-order valence-corrected chi connectivity index (χ4v) is 1.36. The van der Waals surface area contributed by atoms with Crippen molar-refractivity contribution in [1.29, 1.82) is 0 Å². The number of nitrogens with one attached hydrogen (secondary N) is 1. The van der Waals surface area contributed by atoms with Crippen LogP contribution in [0.1, 0.15) is 23.9 Å². The third kappa shape index (κ3) is 1.55. The molecule has 0 spiro atoms. The van der Waals surface area contributed by atoms with Crippen molar-refractivity contribution in [3.8, 4) is 0 Å². The minimum atomic E-state index is 0.710. The summed E-state index contributed by atoms with van der Waals surface area (Å²) in [4.78, 5) is 8.60. The van der Waals surface area contributed by atoms with E-state index in [-0.39, 0.29) is 0 Å². The lowest BCUT2D eigenvalue weighted by molar-refractivity contribution is 0.957.